The summed E-state index contributed by atoms with van der Waals surface area (Å²) in [4.78, 5) is 17.3. The molecule has 0 aliphatic carbocycles. The number of hydrogen-bond donors (Lipinski definition) is 0. The normalized spacial score (nSPS) is 15.9. The Bertz CT molecular complexity index is 304. The molecule has 0 bridgehead atoms. The number of nitrogens with zero attached hydrogens (tertiary/aromatic N) is 2. The minimum atomic E-state index is 0.0537. The molecule has 2 rings (SSSR count). The molecule has 2 heterocycles. The van der Waals surface area contributed by atoms with Crippen LogP contribution >= 0.6 is 11.3 Å². The molecule has 0 N–H and O–H groups in total. The van der Waals surface area contributed by atoms with Crippen LogP contribution in [0.15, 0.2) is 5.38 Å². The van der Waals surface area contributed by atoms with Gasteiger partial charge in [0.1, 0.15) is 5.69 Å². The van der Waals surface area contributed by atoms with E-state index in [-0.39, 0.29) is 5.78 Å². The Labute approximate surface area is 75.0 Å². The van der Waals surface area contributed by atoms with Crippen LogP contribution in [0.5, 0.6) is 0 Å². The van der Waals surface area contributed by atoms with Gasteiger partial charge in [-0.25, -0.2) is 4.98 Å². The van der Waals surface area contributed by atoms with Crippen LogP contribution < -0.4 is 4.90 Å². The first-order chi connectivity index (χ1) is 5.77. The minimum absolute atomic E-state index is 0.0537. The lowest BCUT2D eigenvalue weighted by atomic mass is 10.2. The van der Waals surface area contributed by atoms with Crippen LogP contribution in [0.1, 0.15) is 23.8 Å². The molecule has 0 saturated carbocycles. The molecule has 0 aromatic carbocycles. The number of carbonyl (C=O) groups excluding carboxylic acids is 1. The van der Waals surface area contributed by atoms with E-state index >= 15 is 0 Å². The molecule has 3 nitrogen and oxygen atoms in total. The summed E-state index contributed by atoms with van der Waals surface area (Å²) >= 11 is 1.56. The highest BCUT2D eigenvalue weighted by Gasteiger charge is 2.18. The Hall–Kier alpha value is -0.900. The van der Waals surface area contributed by atoms with Gasteiger partial charge in [0.25, 0.3) is 0 Å². The van der Waals surface area contributed by atoms with Crippen LogP contribution in [0.4, 0.5) is 5.13 Å². The van der Waals surface area contributed by atoms with E-state index in [9.17, 15) is 4.79 Å². The molecule has 0 radical (unpaired) electrons. The third-order valence-electron chi connectivity index (χ3n) is 1.98. The summed E-state index contributed by atoms with van der Waals surface area (Å²) in [5, 5.41) is 2.82. The maximum absolute atomic E-state index is 10.9. The number of hydrogen-bond acceptors (Lipinski definition) is 4. The first kappa shape index (κ1) is 7.73. The van der Waals surface area contributed by atoms with Gasteiger partial charge in [-0.2, -0.15) is 0 Å². The third kappa shape index (κ3) is 1.22. The van der Waals surface area contributed by atoms with Crippen LogP contribution in [0.2, 0.25) is 0 Å². The van der Waals surface area contributed by atoms with Gasteiger partial charge in [-0.15, -0.1) is 11.3 Å². The van der Waals surface area contributed by atoms with Crippen molar-refractivity contribution < 1.29 is 4.79 Å². The van der Waals surface area contributed by atoms with Crippen molar-refractivity contribution in [3.63, 3.8) is 0 Å². The topological polar surface area (TPSA) is 33.2 Å². The van der Waals surface area contributed by atoms with Gasteiger partial charge in [-0.05, 0) is 6.42 Å². The average Bonchev–Trinajstić information content (AvgIpc) is 2.32. The minimum Gasteiger partial charge on any atom is -0.348 e. The Morgan fingerprint density at radius 2 is 2.42 bits per heavy atom. The standard InChI is InChI=1S/C8H10N2OS/c1-6(11)7-5-12-8(9-7)10-3-2-4-10/h5H,2-4H2,1H3. The van der Waals surface area contributed by atoms with Crippen molar-refractivity contribution >= 4 is 22.3 Å². The number of carbonyl (C=O) groups is 1. The van der Waals surface area contributed by atoms with E-state index in [0.29, 0.717) is 5.69 Å². The highest BCUT2D eigenvalue weighted by Crippen LogP contribution is 2.24. The van der Waals surface area contributed by atoms with E-state index in [0.717, 1.165) is 18.2 Å². The quantitative estimate of drug-likeness (QED) is 0.651. The predicted molar refractivity (Wildman–Crippen MR) is 48.9 cm³/mol. The third-order valence-corrected chi connectivity index (χ3v) is 2.88. The Balaban J connectivity index is 2.17. The van der Waals surface area contributed by atoms with Crippen molar-refractivity contribution in [1.82, 2.24) is 4.98 Å². The van der Waals surface area contributed by atoms with Gasteiger partial charge in [0.15, 0.2) is 10.9 Å². The summed E-state index contributed by atoms with van der Waals surface area (Å²) in [5.41, 5.74) is 0.599. The lowest BCUT2D eigenvalue weighted by Crippen LogP contribution is -2.36. The SMILES string of the molecule is CC(=O)c1csc(N2CCC2)n1. The zero-order chi connectivity index (χ0) is 8.55. The van der Waals surface area contributed by atoms with Crippen molar-refractivity contribution in [3.05, 3.63) is 11.1 Å². The van der Waals surface area contributed by atoms with Crippen LogP contribution in [0.3, 0.4) is 0 Å². The molecule has 0 amide bonds. The van der Waals surface area contributed by atoms with Crippen LogP contribution in [0.25, 0.3) is 0 Å². The van der Waals surface area contributed by atoms with E-state index in [1.54, 1.807) is 18.3 Å². The summed E-state index contributed by atoms with van der Waals surface area (Å²) < 4.78 is 0. The van der Waals surface area contributed by atoms with E-state index in [1.165, 1.54) is 6.42 Å². The molecule has 1 saturated heterocycles. The fourth-order valence-electron chi connectivity index (χ4n) is 1.08. The molecule has 1 aliphatic heterocycles. The van der Waals surface area contributed by atoms with Gasteiger partial charge in [0.05, 0.1) is 0 Å². The summed E-state index contributed by atoms with van der Waals surface area (Å²) in [6.07, 6.45) is 1.25. The number of anilines is 1. The molecular weight excluding hydrogens is 172 g/mol. The average molecular weight is 182 g/mol. The van der Waals surface area contributed by atoms with Crippen molar-refractivity contribution in [2.24, 2.45) is 0 Å². The van der Waals surface area contributed by atoms with E-state index in [2.05, 4.69) is 9.88 Å². The van der Waals surface area contributed by atoms with Gasteiger partial charge in [0, 0.05) is 25.4 Å². The molecule has 0 atom stereocenters. The molecule has 64 valence electrons. The van der Waals surface area contributed by atoms with Crippen LogP contribution in [-0.4, -0.2) is 23.9 Å². The van der Waals surface area contributed by atoms with Gasteiger partial charge >= 0.3 is 0 Å². The second kappa shape index (κ2) is 2.86. The molecule has 1 aromatic heterocycles. The first-order valence-electron chi connectivity index (χ1n) is 3.99. The van der Waals surface area contributed by atoms with Crippen molar-refractivity contribution in [2.75, 3.05) is 18.0 Å². The predicted octanol–water partition coefficient (Wildman–Crippen LogP) is 1.56. The largest absolute Gasteiger partial charge is 0.348 e. The second-order valence-electron chi connectivity index (χ2n) is 2.91. The smallest absolute Gasteiger partial charge is 0.185 e. The number of rotatable bonds is 2. The highest BCUT2D eigenvalue weighted by molar-refractivity contribution is 7.14. The van der Waals surface area contributed by atoms with Gasteiger partial charge in [-0.3, -0.25) is 4.79 Å². The number of thiazole rings is 1. The zero-order valence-corrected chi connectivity index (χ0v) is 7.73. The van der Waals surface area contributed by atoms with E-state index in [1.807, 2.05) is 5.38 Å². The molecule has 1 aromatic rings. The number of ketones is 1. The fraction of sp³-hybridized carbons (Fsp3) is 0.500. The molecule has 0 spiro atoms. The van der Waals surface area contributed by atoms with Crippen molar-refractivity contribution in [1.29, 1.82) is 0 Å². The lowest BCUT2D eigenvalue weighted by molar-refractivity contribution is 0.101. The maximum Gasteiger partial charge on any atom is 0.185 e. The molecular formula is C8H10N2OS. The maximum atomic E-state index is 10.9. The summed E-state index contributed by atoms with van der Waals surface area (Å²) in [6, 6.07) is 0. The van der Waals surface area contributed by atoms with Crippen LogP contribution in [-0.2, 0) is 0 Å². The van der Waals surface area contributed by atoms with Gasteiger partial charge < -0.3 is 4.90 Å². The summed E-state index contributed by atoms with van der Waals surface area (Å²) in [6.45, 7) is 3.73. The second-order valence-corrected chi connectivity index (χ2v) is 3.75. The fourth-order valence-corrected chi connectivity index (χ4v) is 2.00. The molecule has 12 heavy (non-hydrogen) atoms. The monoisotopic (exact) mass is 182 g/mol. The molecule has 0 unspecified atom stereocenters. The molecule has 1 aliphatic rings. The summed E-state index contributed by atoms with van der Waals surface area (Å²) in [7, 11) is 0. The number of aromatic nitrogens is 1. The van der Waals surface area contributed by atoms with Crippen molar-refractivity contribution in [2.45, 2.75) is 13.3 Å². The van der Waals surface area contributed by atoms with E-state index < -0.39 is 0 Å². The number of Topliss-reactive ketones (excluding diaryl/α,β-unsaturated/α-hetero) is 1. The Kier molecular flexibility index (Phi) is 1.84. The Morgan fingerprint density at radius 1 is 1.67 bits per heavy atom. The van der Waals surface area contributed by atoms with E-state index in [4.69, 9.17) is 0 Å². The van der Waals surface area contributed by atoms with Crippen molar-refractivity contribution in [3.8, 4) is 0 Å². The Morgan fingerprint density at radius 3 is 2.83 bits per heavy atom. The zero-order valence-electron chi connectivity index (χ0n) is 6.91. The van der Waals surface area contributed by atoms with Gasteiger partial charge in [0.2, 0.25) is 0 Å². The van der Waals surface area contributed by atoms with Crippen LogP contribution in [0, 0.1) is 0 Å². The first-order valence-corrected chi connectivity index (χ1v) is 4.87. The molecule has 1 fully saturated rings. The summed E-state index contributed by atoms with van der Waals surface area (Å²) in [5.74, 6) is 0.0537. The molecule has 4 heteroatoms. The highest BCUT2D eigenvalue weighted by atomic mass is 32.1. The lowest BCUT2D eigenvalue weighted by Gasteiger charge is -2.30. The van der Waals surface area contributed by atoms with Gasteiger partial charge in [-0.1, -0.05) is 0 Å².